The molecule has 0 aliphatic carbocycles. The van der Waals surface area contributed by atoms with E-state index in [-0.39, 0.29) is 11.5 Å². The number of phenols is 1. The molecule has 142 valence electrons. The van der Waals surface area contributed by atoms with Crippen molar-refractivity contribution in [3.8, 4) is 11.5 Å². The number of benzene rings is 1. The van der Waals surface area contributed by atoms with Crippen molar-refractivity contribution in [2.24, 2.45) is 0 Å². The van der Waals surface area contributed by atoms with E-state index in [2.05, 4.69) is 0 Å². The summed E-state index contributed by atoms with van der Waals surface area (Å²) in [6, 6.07) is 4.27. The number of ether oxygens (including phenoxy) is 3. The van der Waals surface area contributed by atoms with Crippen LogP contribution < -0.4 is 9.84 Å². The number of aliphatic hydroxyl groups excluding tert-OH is 3. The number of aliphatic hydroxyl groups is 3. The molecular formula is C16H17O10-. The number of methoxy groups -OCH3 is 1. The number of aliphatic carboxylic acids is 1. The average Bonchev–Trinajstić information content (AvgIpc) is 2.61. The Morgan fingerprint density at radius 1 is 1.19 bits per heavy atom. The second-order valence-electron chi connectivity index (χ2n) is 5.42. The second kappa shape index (κ2) is 8.15. The third-order valence-electron chi connectivity index (χ3n) is 3.65. The summed E-state index contributed by atoms with van der Waals surface area (Å²) in [5, 5.41) is 49.2. The van der Waals surface area contributed by atoms with Gasteiger partial charge in [0.25, 0.3) is 0 Å². The Bertz CT molecular complexity index is 700. The third-order valence-corrected chi connectivity index (χ3v) is 3.65. The van der Waals surface area contributed by atoms with Gasteiger partial charge < -0.3 is 44.5 Å². The molecule has 10 nitrogen and oxygen atoms in total. The van der Waals surface area contributed by atoms with Gasteiger partial charge in [-0.3, -0.25) is 0 Å². The number of rotatable bonds is 5. The highest BCUT2D eigenvalue weighted by molar-refractivity contribution is 5.87. The molecular weight excluding hydrogens is 352 g/mol. The summed E-state index contributed by atoms with van der Waals surface area (Å²) in [7, 11) is 1.35. The Labute approximate surface area is 147 Å². The van der Waals surface area contributed by atoms with Crippen molar-refractivity contribution >= 4 is 18.0 Å². The molecule has 10 heteroatoms. The zero-order chi connectivity index (χ0) is 19.4. The topological polar surface area (TPSA) is 166 Å². The lowest BCUT2D eigenvalue weighted by Crippen LogP contribution is -2.62. The van der Waals surface area contributed by atoms with E-state index in [4.69, 9.17) is 14.2 Å². The molecule has 0 aromatic heterocycles. The number of hydrogen-bond donors (Lipinski definition) is 4. The van der Waals surface area contributed by atoms with Crippen molar-refractivity contribution in [2.45, 2.75) is 30.7 Å². The Balaban J connectivity index is 2.05. The molecule has 0 spiro atoms. The van der Waals surface area contributed by atoms with Crippen molar-refractivity contribution in [2.75, 3.05) is 7.11 Å². The van der Waals surface area contributed by atoms with Gasteiger partial charge in [0.05, 0.1) is 13.1 Å². The lowest BCUT2D eigenvalue weighted by Gasteiger charge is -2.39. The van der Waals surface area contributed by atoms with Gasteiger partial charge in [-0.25, -0.2) is 4.79 Å². The largest absolute Gasteiger partial charge is 0.547 e. The van der Waals surface area contributed by atoms with Crippen LogP contribution >= 0.6 is 0 Å². The van der Waals surface area contributed by atoms with Gasteiger partial charge in [0.2, 0.25) is 6.29 Å². The van der Waals surface area contributed by atoms with Crippen LogP contribution in [-0.4, -0.2) is 70.2 Å². The molecule has 1 aromatic rings. The van der Waals surface area contributed by atoms with Crippen LogP contribution in [0.4, 0.5) is 0 Å². The zero-order valence-electron chi connectivity index (χ0n) is 13.5. The van der Waals surface area contributed by atoms with E-state index in [0.717, 1.165) is 6.08 Å². The van der Waals surface area contributed by atoms with Crippen LogP contribution in [0, 0.1) is 0 Å². The minimum atomic E-state index is -1.98. The maximum absolute atomic E-state index is 11.8. The molecule has 0 amide bonds. The summed E-state index contributed by atoms with van der Waals surface area (Å²) in [4.78, 5) is 22.7. The molecule has 0 saturated carbocycles. The minimum Gasteiger partial charge on any atom is -0.547 e. The van der Waals surface area contributed by atoms with Gasteiger partial charge in [0.1, 0.15) is 24.4 Å². The molecule has 1 fully saturated rings. The molecule has 1 saturated heterocycles. The van der Waals surface area contributed by atoms with Crippen molar-refractivity contribution < 1.29 is 49.3 Å². The van der Waals surface area contributed by atoms with E-state index in [1.165, 1.54) is 31.4 Å². The van der Waals surface area contributed by atoms with Gasteiger partial charge >= 0.3 is 5.97 Å². The summed E-state index contributed by atoms with van der Waals surface area (Å²) >= 11 is 0. The fraction of sp³-hybridized carbons (Fsp3) is 0.375. The SMILES string of the molecule is COc1cc(/C=C/C(=O)O[C@@H]2O[C@H](C(=O)[O-])[C@@H](O)[C@H](O)[C@H]2O)ccc1O. The molecule has 0 unspecified atom stereocenters. The first-order valence-electron chi connectivity index (χ1n) is 7.40. The number of carbonyl (C=O) groups is 2. The number of hydrogen-bond acceptors (Lipinski definition) is 10. The first-order chi connectivity index (χ1) is 12.2. The van der Waals surface area contributed by atoms with Gasteiger partial charge in [0.15, 0.2) is 11.5 Å². The van der Waals surface area contributed by atoms with E-state index in [9.17, 15) is 35.1 Å². The van der Waals surface area contributed by atoms with E-state index in [1.54, 1.807) is 0 Å². The van der Waals surface area contributed by atoms with E-state index in [0.29, 0.717) is 5.56 Å². The molecule has 1 aromatic carbocycles. The number of phenolic OH excluding ortho intramolecular Hbond substituents is 1. The predicted molar refractivity (Wildman–Crippen MR) is 81.5 cm³/mol. The molecule has 26 heavy (non-hydrogen) atoms. The number of carbonyl (C=O) groups excluding carboxylic acids is 2. The quantitative estimate of drug-likeness (QED) is 0.322. The number of carboxylic acids is 1. The van der Waals surface area contributed by atoms with Gasteiger partial charge in [-0.1, -0.05) is 6.07 Å². The highest BCUT2D eigenvalue weighted by Crippen LogP contribution is 2.27. The van der Waals surface area contributed by atoms with Gasteiger partial charge in [-0.2, -0.15) is 0 Å². The predicted octanol–water partition coefficient (Wildman–Crippen LogP) is -2.49. The van der Waals surface area contributed by atoms with Crippen LogP contribution in [0.1, 0.15) is 5.56 Å². The van der Waals surface area contributed by atoms with Crippen molar-refractivity contribution in [3.05, 3.63) is 29.8 Å². The second-order valence-corrected chi connectivity index (χ2v) is 5.42. The molecule has 0 radical (unpaired) electrons. The first-order valence-corrected chi connectivity index (χ1v) is 7.40. The molecule has 0 bridgehead atoms. The lowest BCUT2D eigenvalue weighted by molar-refractivity contribution is -0.345. The summed E-state index contributed by atoms with van der Waals surface area (Å²) in [5.41, 5.74) is 0.477. The highest BCUT2D eigenvalue weighted by Gasteiger charge is 2.45. The maximum atomic E-state index is 11.8. The first kappa shape index (κ1) is 19.7. The summed E-state index contributed by atoms with van der Waals surface area (Å²) in [5.74, 6) is -2.76. The van der Waals surface area contributed by atoms with Crippen LogP contribution in [-0.2, 0) is 19.1 Å². The van der Waals surface area contributed by atoms with Crippen molar-refractivity contribution in [1.29, 1.82) is 0 Å². The van der Waals surface area contributed by atoms with Gasteiger partial charge in [-0.15, -0.1) is 0 Å². The van der Waals surface area contributed by atoms with Gasteiger partial charge in [0, 0.05) is 6.08 Å². The summed E-state index contributed by atoms with van der Waals surface area (Å²) in [6.45, 7) is 0. The molecule has 1 aliphatic heterocycles. The number of esters is 1. The van der Waals surface area contributed by atoms with Crippen LogP contribution in [0.25, 0.3) is 6.08 Å². The van der Waals surface area contributed by atoms with Crippen LogP contribution in [0.5, 0.6) is 11.5 Å². The van der Waals surface area contributed by atoms with Crippen LogP contribution in [0.3, 0.4) is 0 Å². The lowest BCUT2D eigenvalue weighted by atomic mass is 9.99. The standard InChI is InChI=1S/C16H18O10/c1-24-9-6-7(2-4-8(9)17)3-5-10(18)25-16-13(21)11(19)12(20)14(26-16)15(22)23/h2-6,11-14,16-17,19-21H,1H3,(H,22,23)/p-1/b5-3+/t11-,12-,13+,14-,16+/m0/s1. The van der Waals surface area contributed by atoms with E-state index in [1.807, 2.05) is 0 Å². The summed E-state index contributed by atoms with van der Waals surface area (Å²) < 4.78 is 14.4. The normalized spacial score (nSPS) is 28.7. The Hall–Kier alpha value is -2.66. The van der Waals surface area contributed by atoms with E-state index < -0.39 is 42.6 Å². The Morgan fingerprint density at radius 2 is 1.88 bits per heavy atom. The molecule has 5 atom stereocenters. The molecule has 2 rings (SSSR count). The maximum Gasteiger partial charge on any atom is 0.333 e. The number of carboxylic acid groups (broad SMARTS) is 1. The average molecular weight is 369 g/mol. The minimum absolute atomic E-state index is 0.0909. The number of aromatic hydroxyl groups is 1. The van der Waals surface area contributed by atoms with Crippen LogP contribution in [0.2, 0.25) is 0 Å². The summed E-state index contributed by atoms with van der Waals surface area (Å²) in [6.07, 6.45) is -7.24. The van der Waals surface area contributed by atoms with E-state index >= 15 is 0 Å². The molecule has 1 aliphatic rings. The Kier molecular flexibility index (Phi) is 6.16. The zero-order valence-corrected chi connectivity index (χ0v) is 13.5. The molecule has 1 heterocycles. The Morgan fingerprint density at radius 3 is 2.50 bits per heavy atom. The third kappa shape index (κ3) is 4.29. The smallest absolute Gasteiger partial charge is 0.333 e. The van der Waals surface area contributed by atoms with Crippen LogP contribution in [0.15, 0.2) is 24.3 Å². The highest BCUT2D eigenvalue weighted by atomic mass is 16.7. The fourth-order valence-corrected chi connectivity index (χ4v) is 2.26. The van der Waals surface area contributed by atoms with Crippen molar-refractivity contribution in [3.63, 3.8) is 0 Å². The van der Waals surface area contributed by atoms with Crippen molar-refractivity contribution in [1.82, 2.24) is 0 Å². The monoisotopic (exact) mass is 369 g/mol. The fourth-order valence-electron chi connectivity index (χ4n) is 2.26. The van der Waals surface area contributed by atoms with Gasteiger partial charge in [-0.05, 0) is 23.8 Å². The molecule has 4 N–H and O–H groups in total.